The van der Waals surface area contributed by atoms with Crippen molar-refractivity contribution < 1.29 is 26.7 Å². The van der Waals surface area contributed by atoms with Gasteiger partial charge in [0.2, 0.25) is 0 Å². The average molecular weight is 597 g/mol. The van der Waals surface area contributed by atoms with Gasteiger partial charge < -0.3 is 14.6 Å². The van der Waals surface area contributed by atoms with E-state index in [9.17, 15) is 13.2 Å². The highest BCUT2D eigenvalue weighted by molar-refractivity contribution is 7.90. The van der Waals surface area contributed by atoms with Crippen molar-refractivity contribution in [1.29, 1.82) is 0 Å². The van der Waals surface area contributed by atoms with Crippen molar-refractivity contribution in [2.45, 2.75) is 44.2 Å². The van der Waals surface area contributed by atoms with E-state index in [0.29, 0.717) is 18.8 Å². The molecule has 0 saturated carbocycles. The molecule has 1 fully saturated rings. The lowest BCUT2D eigenvalue weighted by Crippen LogP contribution is -2.50. The normalized spacial score (nSPS) is 16.2. The first-order chi connectivity index (χ1) is 19.6. The zero-order valence-corrected chi connectivity index (χ0v) is 25.3. The van der Waals surface area contributed by atoms with Crippen molar-refractivity contribution in [1.82, 2.24) is 19.8 Å². The van der Waals surface area contributed by atoms with Crippen LogP contribution in [0, 0.1) is 18.6 Å². The first-order valence-corrected chi connectivity index (χ1v) is 15.5. The second-order valence-corrected chi connectivity index (χ2v) is 13.7. The van der Waals surface area contributed by atoms with Crippen LogP contribution in [0.15, 0.2) is 53.4 Å². The van der Waals surface area contributed by atoms with E-state index in [4.69, 9.17) is 4.74 Å². The second-order valence-electron chi connectivity index (χ2n) is 11.7. The van der Waals surface area contributed by atoms with Gasteiger partial charge in [0.1, 0.15) is 17.2 Å². The molecule has 4 aromatic rings. The Morgan fingerprint density at radius 2 is 1.76 bits per heavy atom. The summed E-state index contributed by atoms with van der Waals surface area (Å²) in [6, 6.07) is 11.8. The van der Waals surface area contributed by atoms with Crippen molar-refractivity contribution in [2.24, 2.45) is 7.05 Å². The molecule has 1 amide bonds. The van der Waals surface area contributed by atoms with Gasteiger partial charge in [0.15, 0.2) is 9.84 Å². The molecule has 1 aliphatic rings. The summed E-state index contributed by atoms with van der Waals surface area (Å²) < 4.78 is 62.5. The minimum atomic E-state index is -3.32. The molecule has 222 valence electrons. The molecule has 0 aliphatic carbocycles. The molecule has 1 saturated heterocycles. The SMILES string of the molecule is Cc1nc(-c2cc(F)c(C3CNCCN3C(=O)OC(C)(C)C)cc2F)cc2c1cc(-c1ccc(S(C)(=O)=O)cc1)n2C. The number of rotatable bonds is 4. The van der Waals surface area contributed by atoms with E-state index in [1.807, 2.05) is 17.7 Å². The van der Waals surface area contributed by atoms with Crippen LogP contribution in [0.3, 0.4) is 0 Å². The topological polar surface area (TPSA) is 93.5 Å². The van der Waals surface area contributed by atoms with E-state index in [2.05, 4.69) is 10.3 Å². The Hall–Kier alpha value is -3.83. The number of hydrogen-bond acceptors (Lipinski definition) is 6. The van der Waals surface area contributed by atoms with E-state index in [-0.39, 0.29) is 28.3 Å². The van der Waals surface area contributed by atoms with Crippen LogP contribution >= 0.6 is 0 Å². The van der Waals surface area contributed by atoms with Gasteiger partial charge in [0, 0.05) is 60.8 Å². The van der Waals surface area contributed by atoms with Gasteiger partial charge in [0.25, 0.3) is 0 Å². The smallest absolute Gasteiger partial charge is 0.410 e. The van der Waals surface area contributed by atoms with Crippen molar-refractivity contribution in [3.8, 4) is 22.5 Å². The summed E-state index contributed by atoms with van der Waals surface area (Å²) >= 11 is 0. The van der Waals surface area contributed by atoms with E-state index in [1.54, 1.807) is 58.0 Å². The number of nitrogens with zero attached hydrogens (tertiary/aromatic N) is 3. The van der Waals surface area contributed by atoms with Crippen LogP contribution < -0.4 is 5.32 Å². The minimum Gasteiger partial charge on any atom is -0.444 e. The molecule has 3 heterocycles. The number of amides is 1. The number of sulfone groups is 1. The van der Waals surface area contributed by atoms with Crippen LogP contribution in [0.2, 0.25) is 0 Å². The van der Waals surface area contributed by atoms with Gasteiger partial charge in [-0.25, -0.2) is 22.0 Å². The van der Waals surface area contributed by atoms with Gasteiger partial charge >= 0.3 is 6.09 Å². The molecule has 0 bridgehead atoms. The van der Waals surface area contributed by atoms with Crippen LogP contribution in [0.5, 0.6) is 0 Å². The molecule has 2 aromatic heterocycles. The van der Waals surface area contributed by atoms with E-state index < -0.39 is 39.2 Å². The third kappa shape index (κ3) is 5.76. The number of halogens is 2. The lowest BCUT2D eigenvalue weighted by Gasteiger charge is -2.37. The fraction of sp³-hybridized carbons (Fsp3) is 0.355. The fourth-order valence-corrected chi connectivity index (χ4v) is 5.94. The zero-order valence-electron chi connectivity index (χ0n) is 24.5. The Bertz CT molecular complexity index is 1790. The van der Waals surface area contributed by atoms with Gasteiger partial charge in [0.05, 0.1) is 22.1 Å². The fourth-order valence-electron chi connectivity index (χ4n) is 5.31. The summed E-state index contributed by atoms with van der Waals surface area (Å²) in [5.41, 5.74) is 2.64. The van der Waals surface area contributed by atoms with Crippen molar-refractivity contribution in [3.05, 3.63) is 71.4 Å². The largest absolute Gasteiger partial charge is 0.444 e. The third-order valence-corrected chi connectivity index (χ3v) is 8.53. The molecule has 1 atom stereocenters. The van der Waals surface area contributed by atoms with Crippen molar-refractivity contribution in [2.75, 3.05) is 25.9 Å². The number of hydrogen-bond donors (Lipinski definition) is 1. The minimum absolute atomic E-state index is 0.00842. The van der Waals surface area contributed by atoms with E-state index in [1.165, 1.54) is 4.90 Å². The number of carbonyl (C=O) groups excluding carboxylic acids is 1. The van der Waals surface area contributed by atoms with Gasteiger partial charge in [-0.15, -0.1) is 0 Å². The molecule has 42 heavy (non-hydrogen) atoms. The van der Waals surface area contributed by atoms with Crippen LogP contribution in [0.1, 0.15) is 38.1 Å². The molecule has 8 nitrogen and oxygen atoms in total. The molecular formula is C31H34F2N4O4S. The van der Waals surface area contributed by atoms with Gasteiger partial charge in [-0.1, -0.05) is 12.1 Å². The van der Waals surface area contributed by atoms with Crippen molar-refractivity contribution in [3.63, 3.8) is 0 Å². The average Bonchev–Trinajstić information content (AvgIpc) is 3.25. The Kier molecular flexibility index (Phi) is 7.61. The quantitative estimate of drug-likeness (QED) is 0.321. The van der Waals surface area contributed by atoms with E-state index in [0.717, 1.165) is 40.5 Å². The van der Waals surface area contributed by atoms with Gasteiger partial charge in [-0.2, -0.15) is 0 Å². The second kappa shape index (κ2) is 10.8. The molecule has 0 spiro atoms. The number of benzene rings is 2. The highest BCUT2D eigenvalue weighted by atomic mass is 32.2. The predicted octanol–water partition coefficient (Wildman–Crippen LogP) is 5.78. The highest BCUT2D eigenvalue weighted by Gasteiger charge is 2.33. The van der Waals surface area contributed by atoms with E-state index >= 15 is 8.78 Å². The number of fused-ring (bicyclic) bond motifs is 1. The molecule has 2 aromatic carbocycles. The number of nitrogens with one attached hydrogen (secondary N) is 1. The first-order valence-electron chi connectivity index (χ1n) is 13.6. The lowest BCUT2D eigenvalue weighted by atomic mass is 9.99. The maximum atomic E-state index is 15.7. The standard InChI is InChI=1S/C31H34F2N4O4S/c1-18-21-15-27(19-7-9-20(10-8-19)42(6,39)40)36(5)28(21)16-26(35-18)22-13-25(33)23(14-24(22)32)29-17-34-11-12-37(29)30(38)41-31(2,3)4/h7-10,13-16,29,34H,11-12,17H2,1-6H3. The van der Waals surface area contributed by atoms with Crippen LogP contribution in [-0.2, 0) is 21.6 Å². The Morgan fingerprint density at radius 3 is 2.40 bits per heavy atom. The summed E-state index contributed by atoms with van der Waals surface area (Å²) in [7, 11) is -1.47. The van der Waals surface area contributed by atoms with Gasteiger partial charge in [-0.3, -0.25) is 9.88 Å². The number of carbonyl (C=O) groups is 1. The zero-order chi connectivity index (χ0) is 30.6. The molecule has 1 aliphatic heterocycles. The number of piperazine rings is 1. The molecule has 1 unspecified atom stereocenters. The summed E-state index contributed by atoms with van der Waals surface area (Å²) in [6.07, 6.45) is 0.582. The number of aromatic nitrogens is 2. The molecule has 0 radical (unpaired) electrons. The molecule has 1 N–H and O–H groups in total. The summed E-state index contributed by atoms with van der Waals surface area (Å²) in [6.45, 7) is 8.15. The summed E-state index contributed by atoms with van der Waals surface area (Å²) in [4.78, 5) is 19.1. The Balaban J connectivity index is 1.52. The third-order valence-electron chi connectivity index (χ3n) is 7.40. The molecule has 5 rings (SSSR count). The molecule has 11 heteroatoms. The number of ether oxygens (including phenoxy) is 1. The lowest BCUT2D eigenvalue weighted by molar-refractivity contribution is 0.0114. The summed E-state index contributed by atoms with van der Waals surface area (Å²) in [5, 5.41) is 3.99. The maximum Gasteiger partial charge on any atom is 0.410 e. The number of aryl methyl sites for hydroxylation is 2. The summed E-state index contributed by atoms with van der Waals surface area (Å²) in [5.74, 6) is -1.30. The van der Waals surface area contributed by atoms with Crippen molar-refractivity contribution >= 4 is 26.8 Å². The monoisotopic (exact) mass is 596 g/mol. The van der Waals surface area contributed by atoms with Crippen LogP contribution in [0.4, 0.5) is 13.6 Å². The first kappa shape index (κ1) is 29.7. The van der Waals surface area contributed by atoms with Crippen LogP contribution in [-0.4, -0.2) is 60.5 Å². The van der Waals surface area contributed by atoms with Crippen LogP contribution in [0.25, 0.3) is 33.4 Å². The Labute approximate surface area is 244 Å². The van der Waals surface area contributed by atoms with Gasteiger partial charge in [-0.05, 0) is 69.7 Å². The molecular weight excluding hydrogens is 562 g/mol. The maximum absolute atomic E-state index is 15.7. The predicted molar refractivity (Wildman–Crippen MR) is 158 cm³/mol. The highest BCUT2D eigenvalue weighted by Crippen LogP contribution is 2.35. The number of pyridine rings is 1. The Morgan fingerprint density at radius 1 is 1.07 bits per heavy atom.